The summed E-state index contributed by atoms with van der Waals surface area (Å²) >= 11 is 15.9. The summed E-state index contributed by atoms with van der Waals surface area (Å²) in [5.74, 6) is -0.0622. The number of benzene rings is 3. The number of nitrogens with zero attached hydrogens (tertiary/aromatic N) is 1. The van der Waals surface area contributed by atoms with Crippen molar-refractivity contribution < 1.29 is 9.59 Å². The molecule has 1 N–H and O–H groups in total. The van der Waals surface area contributed by atoms with E-state index in [1.807, 2.05) is 68.4 Å². The fourth-order valence-corrected chi connectivity index (χ4v) is 4.43. The standard InChI is InChI=1S/C28H29BrCl2N2O2/c1-19(2)17-32-28(35)26(14-20-6-4-3-5-7-20)33(18-21-8-11-23(29)12-9-21)27(34)15-22-10-13-24(30)16-25(22)31/h3-13,16,19,26H,14-15,17-18H2,1-2H3,(H,32,35). The molecule has 0 bridgehead atoms. The molecule has 0 spiro atoms. The molecule has 0 aliphatic carbocycles. The molecule has 0 aliphatic rings. The summed E-state index contributed by atoms with van der Waals surface area (Å²) in [5.41, 5.74) is 2.58. The second-order valence-corrected chi connectivity index (χ2v) is 10.7. The molecule has 1 unspecified atom stereocenters. The second-order valence-electron chi connectivity index (χ2n) is 8.91. The third-order valence-electron chi connectivity index (χ3n) is 5.58. The first-order valence-electron chi connectivity index (χ1n) is 11.5. The van der Waals surface area contributed by atoms with Gasteiger partial charge in [0.05, 0.1) is 6.42 Å². The number of amides is 2. The lowest BCUT2D eigenvalue weighted by atomic mass is 10.0. The van der Waals surface area contributed by atoms with Crippen LogP contribution < -0.4 is 5.32 Å². The zero-order valence-corrected chi connectivity index (χ0v) is 22.9. The molecule has 0 radical (unpaired) electrons. The highest BCUT2D eigenvalue weighted by Crippen LogP contribution is 2.24. The SMILES string of the molecule is CC(C)CNC(=O)C(Cc1ccccc1)N(Cc1ccc(Br)cc1)C(=O)Cc1ccc(Cl)cc1Cl. The smallest absolute Gasteiger partial charge is 0.243 e. The van der Waals surface area contributed by atoms with Crippen molar-refractivity contribution in [3.8, 4) is 0 Å². The van der Waals surface area contributed by atoms with E-state index in [0.29, 0.717) is 41.0 Å². The molecule has 4 nitrogen and oxygen atoms in total. The van der Waals surface area contributed by atoms with Crippen molar-refractivity contribution in [2.24, 2.45) is 5.92 Å². The number of hydrogen-bond acceptors (Lipinski definition) is 2. The van der Waals surface area contributed by atoms with Gasteiger partial charge in [-0.05, 0) is 46.9 Å². The zero-order valence-electron chi connectivity index (χ0n) is 19.8. The Morgan fingerprint density at radius 2 is 1.63 bits per heavy atom. The Morgan fingerprint density at radius 1 is 0.943 bits per heavy atom. The van der Waals surface area contributed by atoms with E-state index in [1.165, 1.54) is 0 Å². The molecule has 0 heterocycles. The van der Waals surface area contributed by atoms with Gasteiger partial charge in [-0.3, -0.25) is 9.59 Å². The van der Waals surface area contributed by atoms with Crippen molar-refractivity contribution in [3.63, 3.8) is 0 Å². The molecule has 0 aliphatic heterocycles. The Labute approximate surface area is 225 Å². The van der Waals surface area contributed by atoms with Gasteiger partial charge in [-0.15, -0.1) is 0 Å². The molecule has 3 aromatic rings. The van der Waals surface area contributed by atoms with Crippen molar-refractivity contribution in [3.05, 3.63) is 104 Å². The molecule has 1 atom stereocenters. The summed E-state index contributed by atoms with van der Waals surface area (Å²) in [6, 6.07) is 21.9. The van der Waals surface area contributed by atoms with E-state index < -0.39 is 6.04 Å². The maximum absolute atomic E-state index is 13.7. The van der Waals surface area contributed by atoms with Gasteiger partial charge in [-0.25, -0.2) is 0 Å². The minimum Gasteiger partial charge on any atom is -0.354 e. The van der Waals surface area contributed by atoms with Crippen LogP contribution in [0.15, 0.2) is 77.3 Å². The van der Waals surface area contributed by atoms with Crippen molar-refractivity contribution in [2.75, 3.05) is 6.54 Å². The van der Waals surface area contributed by atoms with E-state index in [-0.39, 0.29) is 18.2 Å². The zero-order chi connectivity index (χ0) is 25.4. The van der Waals surface area contributed by atoms with Crippen LogP contribution in [0.4, 0.5) is 0 Å². The summed E-state index contributed by atoms with van der Waals surface area (Å²) < 4.78 is 0.947. The Hall–Kier alpha value is -2.34. The lowest BCUT2D eigenvalue weighted by Gasteiger charge is -2.32. The van der Waals surface area contributed by atoms with Crippen molar-refractivity contribution >= 4 is 50.9 Å². The van der Waals surface area contributed by atoms with Gasteiger partial charge in [0, 0.05) is 34.0 Å². The van der Waals surface area contributed by atoms with Gasteiger partial charge >= 0.3 is 0 Å². The molecule has 0 saturated carbocycles. The van der Waals surface area contributed by atoms with E-state index in [0.717, 1.165) is 15.6 Å². The highest BCUT2D eigenvalue weighted by atomic mass is 79.9. The van der Waals surface area contributed by atoms with E-state index in [9.17, 15) is 9.59 Å². The molecule has 3 rings (SSSR count). The largest absolute Gasteiger partial charge is 0.354 e. The van der Waals surface area contributed by atoms with Crippen LogP contribution in [0, 0.1) is 5.92 Å². The Balaban J connectivity index is 1.96. The number of nitrogens with one attached hydrogen (secondary N) is 1. The summed E-state index contributed by atoms with van der Waals surface area (Å²) in [4.78, 5) is 28.9. The predicted molar refractivity (Wildman–Crippen MR) is 147 cm³/mol. The summed E-state index contributed by atoms with van der Waals surface area (Å²) in [7, 11) is 0. The van der Waals surface area contributed by atoms with Crippen molar-refractivity contribution in [2.45, 2.75) is 39.3 Å². The van der Waals surface area contributed by atoms with Gasteiger partial charge in [0.15, 0.2) is 0 Å². The van der Waals surface area contributed by atoms with Gasteiger partial charge < -0.3 is 10.2 Å². The van der Waals surface area contributed by atoms with Gasteiger partial charge in [-0.2, -0.15) is 0 Å². The van der Waals surface area contributed by atoms with Gasteiger partial charge in [0.1, 0.15) is 6.04 Å². The number of hydrogen-bond donors (Lipinski definition) is 1. The van der Waals surface area contributed by atoms with Gasteiger partial charge in [0.25, 0.3) is 0 Å². The quantitative estimate of drug-likeness (QED) is 0.292. The van der Waals surface area contributed by atoms with Crippen LogP contribution in [-0.2, 0) is 29.0 Å². The Morgan fingerprint density at radius 3 is 2.26 bits per heavy atom. The van der Waals surface area contributed by atoms with Crippen molar-refractivity contribution in [1.82, 2.24) is 10.2 Å². The van der Waals surface area contributed by atoms with E-state index in [2.05, 4.69) is 21.2 Å². The van der Waals surface area contributed by atoms with Crippen LogP contribution in [0.25, 0.3) is 0 Å². The van der Waals surface area contributed by atoms with E-state index in [4.69, 9.17) is 23.2 Å². The molecule has 3 aromatic carbocycles. The minimum atomic E-state index is -0.682. The first-order chi connectivity index (χ1) is 16.7. The monoisotopic (exact) mass is 574 g/mol. The number of rotatable bonds is 10. The third kappa shape index (κ3) is 8.38. The molecular weight excluding hydrogens is 547 g/mol. The van der Waals surface area contributed by atoms with Crippen LogP contribution >= 0.6 is 39.1 Å². The molecule has 0 fully saturated rings. The molecule has 184 valence electrons. The van der Waals surface area contributed by atoms with Crippen LogP contribution in [-0.4, -0.2) is 29.3 Å². The summed E-state index contributed by atoms with van der Waals surface area (Å²) in [5, 5.41) is 3.97. The van der Waals surface area contributed by atoms with E-state index in [1.54, 1.807) is 23.1 Å². The maximum atomic E-state index is 13.7. The number of carbonyl (C=O) groups is 2. The highest BCUT2D eigenvalue weighted by molar-refractivity contribution is 9.10. The first kappa shape index (κ1) is 27.3. The summed E-state index contributed by atoms with van der Waals surface area (Å²) in [6.45, 7) is 4.91. The number of halogens is 3. The molecule has 7 heteroatoms. The maximum Gasteiger partial charge on any atom is 0.243 e. The number of carbonyl (C=O) groups excluding carboxylic acids is 2. The topological polar surface area (TPSA) is 49.4 Å². The average molecular weight is 576 g/mol. The fraction of sp³-hybridized carbons (Fsp3) is 0.286. The Bertz CT molecular complexity index is 1140. The second kappa shape index (κ2) is 13.1. The lowest BCUT2D eigenvalue weighted by molar-refractivity contribution is -0.140. The minimum absolute atomic E-state index is 0.0648. The van der Waals surface area contributed by atoms with Crippen LogP contribution in [0.3, 0.4) is 0 Å². The molecular formula is C28H29BrCl2N2O2. The Kier molecular flexibility index (Phi) is 10.2. The molecule has 0 saturated heterocycles. The third-order valence-corrected chi connectivity index (χ3v) is 6.69. The molecule has 0 aromatic heterocycles. The normalized spacial score (nSPS) is 11.8. The fourth-order valence-electron chi connectivity index (χ4n) is 3.69. The molecule has 2 amide bonds. The van der Waals surface area contributed by atoms with Crippen molar-refractivity contribution in [1.29, 1.82) is 0 Å². The average Bonchev–Trinajstić information content (AvgIpc) is 2.83. The van der Waals surface area contributed by atoms with Gasteiger partial charge in [-0.1, -0.05) is 102 Å². The summed E-state index contributed by atoms with van der Waals surface area (Å²) in [6.07, 6.45) is 0.469. The first-order valence-corrected chi connectivity index (χ1v) is 13.1. The predicted octanol–water partition coefficient (Wildman–Crippen LogP) is 6.71. The van der Waals surface area contributed by atoms with Gasteiger partial charge in [0.2, 0.25) is 11.8 Å². The molecule has 35 heavy (non-hydrogen) atoms. The van der Waals surface area contributed by atoms with Crippen LogP contribution in [0.2, 0.25) is 10.0 Å². The van der Waals surface area contributed by atoms with Crippen LogP contribution in [0.1, 0.15) is 30.5 Å². The highest BCUT2D eigenvalue weighted by Gasteiger charge is 2.30. The van der Waals surface area contributed by atoms with Crippen LogP contribution in [0.5, 0.6) is 0 Å². The lowest BCUT2D eigenvalue weighted by Crippen LogP contribution is -2.51. The van der Waals surface area contributed by atoms with E-state index >= 15 is 0 Å².